The fraction of sp³-hybridized carbons (Fsp3) is 0.737. The number of carbonyl (C=O) groups excluding carboxylic acids is 2. The molecule has 1 heterocycles. The van der Waals surface area contributed by atoms with Crippen molar-refractivity contribution in [3.8, 4) is 0 Å². The Kier molecular flexibility index (Phi) is 8.87. The number of amides is 2. The Bertz CT molecular complexity index is 723. The van der Waals surface area contributed by atoms with Gasteiger partial charge in [0.25, 0.3) is 0 Å². The van der Waals surface area contributed by atoms with E-state index in [2.05, 4.69) is 4.98 Å². The second-order valence-corrected chi connectivity index (χ2v) is 12.2. The monoisotopic (exact) mass is 448 g/mol. The molecule has 29 heavy (non-hydrogen) atoms. The summed E-state index contributed by atoms with van der Waals surface area (Å²) in [5, 5.41) is 2.53. The van der Waals surface area contributed by atoms with Crippen LogP contribution >= 0.6 is 18.7 Å². The summed E-state index contributed by atoms with van der Waals surface area (Å²) in [5.74, 6) is 0. The molecule has 0 saturated heterocycles. The average molecular weight is 449 g/mol. The van der Waals surface area contributed by atoms with Crippen LogP contribution in [0.3, 0.4) is 0 Å². The fourth-order valence-electron chi connectivity index (χ4n) is 2.25. The molecule has 0 aliphatic rings. The van der Waals surface area contributed by atoms with Crippen molar-refractivity contribution in [3.05, 3.63) is 16.1 Å². The highest BCUT2D eigenvalue weighted by molar-refractivity contribution is 7.57. The zero-order valence-corrected chi connectivity index (χ0v) is 20.3. The highest BCUT2D eigenvalue weighted by atomic mass is 32.1. The van der Waals surface area contributed by atoms with Crippen molar-refractivity contribution in [1.82, 2.24) is 9.88 Å². The number of aromatic nitrogens is 1. The summed E-state index contributed by atoms with van der Waals surface area (Å²) in [6, 6.07) is 0. The van der Waals surface area contributed by atoms with E-state index >= 15 is 0 Å². The molecule has 1 aromatic rings. The van der Waals surface area contributed by atoms with Crippen molar-refractivity contribution >= 4 is 30.9 Å². The summed E-state index contributed by atoms with van der Waals surface area (Å²) in [6.45, 7) is 14.2. The zero-order valence-electron chi connectivity index (χ0n) is 18.6. The standard InChI is InChI=1S/C19H33N2O6PS/c1-9-25-28(8,24)12-14-13-29-15(20-14)10-11-21(16(22)26-18(2,3)4)17(23)27-19(5,6)7/h13H,9-12H2,1-8H3. The first-order valence-electron chi connectivity index (χ1n) is 9.50. The van der Waals surface area contributed by atoms with Gasteiger partial charge in [-0.2, -0.15) is 0 Å². The minimum Gasteiger partial charge on any atom is -0.443 e. The van der Waals surface area contributed by atoms with Gasteiger partial charge in [0.15, 0.2) is 0 Å². The maximum absolute atomic E-state index is 12.5. The van der Waals surface area contributed by atoms with E-state index in [0.29, 0.717) is 23.7 Å². The number of nitrogens with zero attached hydrogens (tertiary/aromatic N) is 2. The van der Waals surface area contributed by atoms with Crippen molar-refractivity contribution in [2.75, 3.05) is 19.8 Å². The van der Waals surface area contributed by atoms with Crippen LogP contribution in [0, 0.1) is 0 Å². The summed E-state index contributed by atoms with van der Waals surface area (Å²) in [7, 11) is -2.73. The Labute approximate surface area is 177 Å². The van der Waals surface area contributed by atoms with Crippen molar-refractivity contribution in [2.24, 2.45) is 0 Å². The highest BCUT2D eigenvalue weighted by Crippen LogP contribution is 2.46. The molecule has 0 saturated carbocycles. The Balaban J connectivity index is 2.86. The third-order valence-corrected chi connectivity index (χ3v) is 5.89. The van der Waals surface area contributed by atoms with E-state index in [0.717, 1.165) is 4.90 Å². The third-order valence-electron chi connectivity index (χ3n) is 3.23. The van der Waals surface area contributed by atoms with E-state index in [9.17, 15) is 14.2 Å². The molecule has 0 radical (unpaired) electrons. The van der Waals surface area contributed by atoms with Crippen LogP contribution in [0.2, 0.25) is 0 Å². The molecule has 166 valence electrons. The van der Waals surface area contributed by atoms with Gasteiger partial charge in [0, 0.05) is 25.0 Å². The molecule has 1 unspecified atom stereocenters. The van der Waals surface area contributed by atoms with Gasteiger partial charge in [-0.15, -0.1) is 11.3 Å². The highest BCUT2D eigenvalue weighted by Gasteiger charge is 2.31. The van der Waals surface area contributed by atoms with Gasteiger partial charge in [0.1, 0.15) is 11.2 Å². The lowest BCUT2D eigenvalue weighted by Gasteiger charge is -2.28. The second-order valence-electron chi connectivity index (χ2n) is 8.68. The largest absolute Gasteiger partial charge is 0.443 e. The number of hydrogen-bond acceptors (Lipinski definition) is 8. The molecule has 2 amide bonds. The van der Waals surface area contributed by atoms with Crippen LogP contribution < -0.4 is 0 Å². The van der Waals surface area contributed by atoms with Gasteiger partial charge in [-0.25, -0.2) is 19.5 Å². The van der Waals surface area contributed by atoms with Crippen molar-refractivity contribution < 1.29 is 28.2 Å². The van der Waals surface area contributed by atoms with Crippen molar-refractivity contribution in [1.29, 1.82) is 0 Å². The molecule has 0 spiro atoms. The average Bonchev–Trinajstić information content (AvgIpc) is 2.90. The Hall–Kier alpha value is -1.44. The van der Waals surface area contributed by atoms with Gasteiger partial charge >= 0.3 is 12.2 Å². The summed E-state index contributed by atoms with van der Waals surface area (Å²) >= 11 is 1.38. The third kappa shape index (κ3) is 10.2. The van der Waals surface area contributed by atoms with E-state index in [1.807, 2.05) is 5.38 Å². The Morgan fingerprint density at radius 1 is 1.10 bits per heavy atom. The van der Waals surface area contributed by atoms with E-state index in [-0.39, 0.29) is 12.7 Å². The number of carbonyl (C=O) groups is 2. The second kappa shape index (κ2) is 10.0. The van der Waals surface area contributed by atoms with Crippen molar-refractivity contribution in [3.63, 3.8) is 0 Å². The molecular formula is C19H33N2O6PS. The Morgan fingerprint density at radius 3 is 2.07 bits per heavy atom. The number of hydrogen-bond donors (Lipinski definition) is 0. The maximum Gasteiger partial charge on any atom is 0.419 e. The van der Waals surface area contributed by atoms with E-state index in [1.54, 1.807) is 55.1 Å². The van der Waals surface area contributed by atoms with Crippen LogP contribution in [0.15, 0.2) is 5.38 Å². The minimum absolute atomic E-state index is 0.0615. The Morgan fingerprint density at radius 2 is 1.62 bits per heavy atom. The van der Waals surface area contributed by atoms with Gasteiger partial charge in [0.2, 0.25) is 7.37 Å². The number of thiazole rings is 1. The topological polar surface area (TPSA) is 95.0 Å². The lowest BCUT2D eigenvalue weighted by molar-refractivity contribution is 0.00171. The van der Waals surface area contributed by atoms with Crippen LogP contribution in [0.4, 0.5) is 9.59 Å². The number of imide groups is 1. The summed E-state index contributed by atoms with van der Waals surface area (Å²) in [5.41, 5.74) is -0.814. The molecule has 1 aromatic heterocycles. The van der Waals surface area contributed by atoms with Gasteiger partial charge in [-0.3, -0.25) is 4.57 Å². The summed E-state index contributed by atoms with van der Waals surface area (Å²) in [4.78, 5) is 30.4. The first-order chi connectivity index (χ1) is 13.1. The first-order valence-corrected chi connectivity index (χ1v) is 12.6. The van der Waals surface area contributed by atoms with Gasteiger partial charge < -0.3 is 14.0 Å². The van der Waals surface area contributed by atoms with E-state index in [4.69, 9.17) is 14.0 Å². The zero-order chi connectivity index (χ0) is 22.5. The van der Waals surface area contributed by atoms with Gasteiger partial charge in [-0.1, -0.05) is 0 Å². The maximum atomic E-state index is 12.5. The fourth-order valence-corrected chi connectivity index (χ4v) is 4.55. The number of ether oxygens (including phenoxy) is 2. The lowest BCUT2D eigenvalue weighted by Crippen LogP contribution is -2.44. The van der Waals surface area contributed by atoms with Crippen LogP contribution in [-0.2, 0) is 31.1 Å². The van der Waals surface area contributed by atoms with Crippen LogP contribution in [0.25, 0.3) is 0 Å². The number of rotatable bonds is 7. The molecule has 0 aliphatic carbocycles. The van der Waals surface area contributed by atoms with Gasteiger partial charge in [-0.05, 0) is 48.5 Å². The molecule has 0 fully saturated rings. The molecule has 0 N–H and O–H groups in total. The van der Waals surface area contributed by atoms with E-state index < -0.39 is 30.8 Å². The van der Waals surface area contributed by atoms with E-state index in [1.165, 1.54) is 11.3 Å². The molecule has 0 aromatic carbocycles. The molecule has 10 heteroatoms. The van der Waals surface area contributed by atoms with Crippen LogP contribution in [0.1, 0.15) is 59.2 Å². The smallest absolute Gasteiger partial charge is 0.419 e. The first kappa shape index (κ1) is 25.6. The molecule has 1 atom stereocenters. The van der Waals surface area contributed by atoms with Crippen molar-refractivity contribution in [2.45, 2.75) is 72.3 Å². The molecule has 1 rings (SSSR count). The van der Waals surface area contributed by atoms with Crippen LogP contribution in [-0.4, -0.2) is 53.1 Å². The van der Waals surface area contributed by atoms with Crippen LogP contribution in [0.5, 0.6) is 0 Å². The SMILES string of the molecule is CCOP(C)(=O)Cc1csc(CCN(C(=O)OC(C)(C)C)C(=O)OC(C)(C)C)n1. The predicted molar refractivity (Wildman–Crippen MR) is 114 cm³/mol. The molecule has 0 bridgehead atoms. The lowest BCUT2D eigenvalue weighted by atomic mass is 10.2. The van der Waals surface area contributed by atoms with Gasteiger partial charge in [0.05, 0.1) is 23.5 Å². The molecule has 0 aliphatic heterocycles. The summed E-state index contributed by atoms with van der Waals surface area (Å²) in [6.07, 6.45) is -0.943. The quantitative estimate of drug-likeness (QED) is 0.522. The predicted octanol–water partition coefficient (Wildman–Crippen LogP) is 5.30. The molecular weight excluding hydrogens is 415 g/mol. The minimum atomic E-state index is -2.73. The normalized spacial score (nSPS) is 14.2. The summed E-state index contributed by atoms with van der Waals surface area (Å²) < 4.78 is 28.3. The molecule has 8 nitrogen and oxygen atoms in total.